The average molecular weight is 346 g/mol. The predicted molar refractivity (Wildman–Crippen MR) is 94.2 cm³/mol. The van der Waals surface area contributed by atoms with Gasteiger partial charge in [0, 0.05) is 38.4 Å². The number of nitrogens with one attached hydrogen (secondary N) is 1. The second-order valence-electron chi connectivity index (χ2n) is 7.35. The van der Waals surface area contributed by atoms with Gasteiger partial charge in [0.25, 0.3) is 5.91 Å². The molecule has 1 atom stereocenters. The lowest BCUT2D eigenvalue weighted by Gasteiger charge is -2.29. The van der Waals surface area contributed by atoms with Crippen LogP contribution in [0.3, 0.4) is 0 Å². The van der Waals surface area contributed by atoms with Crippen LogP contribution in [0, 0.1) is 0 Å². The maximum Gasteiger partial charge on any atom is 0.325 e. The number of likely N-dealkylation sites (N-methyl/N-ethyl adjacent to an activating group) is 1. The highest BCUT2D eigenvalue weighted by atomic mass is 16.2. The molecule has 1 N–H and O–H groups in total. The molecule has 2 fully saturated rings. The number of carbonyl (C=O) groups is 2. The summed E-state index contributed by atoms with van der Waals surface area (Å²) in [5, 5.41) is 10.9. The van der Waals surface area contributed by atoms with E-state index in [1.165, 1.54) is 4.90 Å². The minimum atomic E-state index is -0.802. The van der Waals surface area contributed by atoms with Gasteiger partial charge in [0.1, 0.15) is 5.54 Å². The van der Waals surface area contributed by atoms with Gasteiger partial charge in [-0.2, -0.15) is 5.10 Å². The lowest BCUT2D eigenvalue weighted by Crippen LogP contribution is -2.44. The number of urea groups is 1. The molecule has 2 aliphatic heterocycles. The van der Waals surface area contributed by atoms with E-state index in [-0.39, 0.29) is 11.9 Å². The molecule has 8 nitrogen and oxygen atoms in total. The molecule has 0 saturated carbocycles. The highest BCUT2D eigenvalue weighted by Gasteiger charge is 2.43. The third-order valence-corrected chi connectivity index (χ3v) is 4.90. The Morgan fingerprint density at radius 3 is 2.84 bits per heavy atom. The van der Waals surface area contributed by atoms with Crippen molar-refractivity contribution in [3.8, 4) is 0 Å². The largest absolute Gasteiger partial charge is 0.351 e. The van der Waals surface area contributed by atoms with Crippen molar-refractivity contribution in [3.05, 3.63) is 18.3 Å². The number of anilines is 1. The third-order valence-electron chi connectivity index (χ3n) is 4.90. The maximum absolute atomic E-state index is 12.2. The number of rotatable bonds is 6. The van der Waals surface area contributed by atoms with E-state index >= 15 is 0 Å². The molecule has 0 radical (unpaired) electrons. The third kappa shape index (κ3) is 3.73. The van der Waals surface area contributed by atoms with Gasteiger partial charge < -0.3 is 15.1 Å². The van der Waals surface area contributed by atoms with Crippen LogP contribution in [0.4, 0.5) is 10.6 Å². The zero-order chi connectivity index (χ0) is 18.0. The van der Waals surface area contributed by atoms with E-state index in [9.17, 15) is 9.59 Å². The molecule has 3 amide bonds. The van der Waals surface area contributed by atoms with Gasteiger partial charge in [-0.05, 0) is 45.9 Å². The Labute approximate surface area is 148 Å². The SMILES string of the molecule is CN(CCN1C(=O)NC(C)(C)C1=O)CC1CCCN1c1cccnn1. The van der Waals surface area contributed by atoms with Crippen LogP contribution in [0.15, 0.2) is 18.3 Å². The van der Waals surface area contributed by atoms with Crippen LogP contribution in [0.2, 0.25) is 0 Å². The molecular formula is C17H26N6O2. The fourth-order valence-electron chi connectivity index (χ4n) is 3.52. The molecule has 2 saturated heterocycles. The minimum absolute atomic E-state index is 0.159. The van der Waals surface area contributed by atoms with Gasteiger partial charge in [-0.3, -0.25) is 9.69 Å². The van der Waals surface area contributed by atoms with Gasteiger partial charge in [-0.1, -0.05) is 0 Å². The Morgan fingerprint density at radius 2 is 2.20 bits per heavy atom. The Hall–Kier alpha value is -2.22. The number of imide groups is 1. The number of hydrogen-bond donors (Lipinski definition) is 1. The van der Waals surface area contributed by atoms with Crippen molar-refractivity contribution in [3.63, 3.8) is 0 Å². The normalized spacial score (nSPS) is 22.8. The summed E-state index contributed by atoms with van der Waals surface area (Å²) in [6, 6.07) is 3.97. The summed E-state index contributed by atoms with van der Waals surface area (Å²) in [5.74, 6) is 0.752. The van der Waals surface area contributed by atoms with Crippen LogP contribution >= 0.6 is 0 Å². The summed E-state index contributed by atoms with van der Waals surface area (Å²) < 4.78 is 0. The van der Waals surface area contributed by atoms with E-state index in [2.05, 4.69) is 25.3 Å². The van der Waals surface area contributed by atoms with E-state index < -0.39 is 5.54 Å². The van der Waals surface area contributed by atoms with E-state index in [0.29, 0.717) is 19.1 Å². The van der Waals surface area contributed by atoms with Crippen molar-refractivity contribution < 1.29 is 9.59 Å². The predicted octanol–water partition coefficient (Wildman–Crippen LogP) is 0.708. The highest BCUT2D eigenvalue weighted by Crippen LogP contribution is 2.23. The molecule has 3 rings (SSSR count). The van der Waals surface area contributed by atoms with Gasteiger partial charge >= 0.3 is 6.03 Å². The molecule has 25 heavy (non-hydrogen) atoms. The molecule has 0 spiro atoms. The molecule has 8 heteroatoms. The van der Waals surface area contributed by atoms with Crippen molar-refractivity contribution in [2.45, 2.75) is 38.3 Å². The topological polar surface area (TPSA) is 81.7 Å². The summed E-state index contributed by atoms with van der Waals surface area (Å²) in [6.07, 6.45) is 3.92. The van der Waals surface area contributed by atoms with E-state index in [0.717, 1.165) is 31.7 Å². The second-order valence-corrected chi connectivity index (χ2v) is 7.35. The number of aromatic nitrogens is 2. The van der Waals surface area contributed by atoms with Crippen molar-refractivity contribution in [1.82, 2.24) is 25.3 Å². The number of amides is 3. The van der Waals surface area contributed by atoms with E-state index in [1.54, 1.807) is 20.0 Å². The molecule has 3 heterocycles. The van der Waals surface area contributed by atoms with Crippen molar-refractivity contribution in [2.24, 2.45) is 0 Å². The zero-order valence-electron chi connectivity index (χ0n) is 15.1. The summed E-state index contributed by atoms with van der Waals surface area (Å²) in [7, 11) is 2.02. The van der Waals surface area contributed by atoms with Crippen LogP contribution in [0.25, 0.3) is 0 Å². The van der Waals surface area contributed by atoms with Crippen LogP contribution in [0.1, 0.15) is 26.7 Å². The molecule has 136 valence electrons. The summed E-state index contributed by atoms with van der Waals surface area (Å²) >= 11 is 0. The average Bonchev–Trinajstić information content (AvgIpc) is 3.10. The quantitative estimate of drug-likeness (QED) is 0.764. The van der Waals surface area contributed by atoms with Gasteiger partial charge in [-0.25, -0.2) is 4.79 Å². The maximum atomic E-state index is 12.2. The lowest BCUT2D eigenvalue weighted by molar-refractivity contribution is -0.130. The molecule has 0 bridgehead atoms. The van der Waals surface area contributed by atoms with Crippen LogP contribution in [-0.4, -0.2) is 76.7 Å². The van der Waals surface area contributed by atoms with E-state index in [4.69, 9.17) is 0 Å². The first kappa shape index (κ1) is 17.6. The summed E-state index contributed by atoms with van der Waals surface area (Å²) in [4.78, 5) is 30.0. The summed E-state index contributed by atoms with van der Waals surface area (Å²) in [5.41, 5.74) is -0.802. The van der Waals surface area contributed by atoms with Crippen molar-refractivity contribution in [2.75, 3.05) is 38.1 Å². The summed E-state index contributed by atoms with van der Waals surface area (Å²) in [6.45, 7) is 6.37. The molecule has 1 aromatic rings. The monoisotopic (exact) mass is 346 g/mol. The van der Waals surface area contributed by atoms with Gasteiger partial charge in [0.15, 0.2) is 5.82 Å². The molecule has 2 aliphatic rings. The highest BCUT2D eigenvalue weighted by molar-refractivity contribution is 6.06. The fraction of sp³-hybridized carbons (Fsp3) is 0.647. The standard InChI is InChI=1S/C17H26N6O2/c1-17(2)15(24)23(16(25)19-17)11-10-21(3)12-13-6-5-9-22(13)14-7-4-8-18-20-14/h4,7-8,13H,5-6,9-12H2,1-3H3,(H,19,25). The zero-order valence-corrected chi connectivity index (χ0v) is 15.1. The van der Waals surface area contributed by atoms with Crippen LogP contribution in [0.5, 0.6) is 0 Å². The van der Waals surface area contributed by atoms with Crippen molar-refractivity contribution in [1.29, 1.82) is 0 Å². The van der Waals surface area contributed by atoms with Crippen LogP contribution in [-0.2, 0) is 4.79 Å². The first-order valence-electron chi connectivity index (χ1n) is 8.75. The second kappa shape index (κ2) is 6.95. The number of hydrogen-bond acceptors (Lipinski definition) is 6. The number of nitrogens with zero attached hydrogens (tertiary/aromatic N) is 5. The smallest absolute Gasteiger partial charge is 0.325 e. The first-order chi connectivity index (χ1) is 11.9. The van der Waals surface area contributed by atoms with E-state index in [1.807, 2.05) is 19.2 Å². The fourth-order valence-corrected chi connectivity index (χ4v) is 3.52. The van der Waals surface area contributed by atoms with Gasteiger partial charge in [0.05, 0.1) is 0 Å². The lowest BCUT2D eigenvalue weighted by atomic mass is 10.1. The Kier molecular flexibility index (Phi) is 4.89. The minimum Gasteiger partial charge on any atom is -0.351 e. The Balaban J connectivity index is 1.53. The first-order valence-corrected chi connectivity index (χ1v) is 8.75. The number of carbonyl (C=O) groups excluding carboxylic acids is 2. The molecule has 1 aromatic heterocycles. The molecular weight excluding hydrogens is 320 g/mol. The molecule has 0 aliphatic carbocycles. The Morgan fingerprint density at radius 1 is 1.40 bits per heavy atom. The Bertz CT molecular complexity index is 635. The van der Waals surface area contributed by atoms with Gasteiger partial charge in [0.2, 0.25) is 0 Å². The molecule has 0 aromatic carbocycles. The van der Waals surface area contributed by atoms with Gasteiger partial charge in [-0.15, -0.1) is 5.10 Å². The molecule has 1 unspecified atom stereocenters. The van der Waals surface area contributed by atoms with Crippen LogP contribution < -0.4 is 10.2 Å². The van der Waals surface area contributed by atoms with Crippen molar-refractivity contribution >= 4 is 17.8 Å².